The minimum atomic E-state index is 0.209. The highest BCUT2D eigenvalue weighted by atomic mass is 79.9. The van der Waals surface area contributed by atoms with Crippen LogP contribution in [0.1, 0.15) is 26.7 Å². The molecule has 0 aliphatic heterocycles. The molecule has 0 aromatic rings. The molecule has 1 aliphatic carbocycles. The van der Waals surface area contributed by atoms with E-state index in [4.69, 9.17) is 4.74 Å². The fourth-order valence-corrected chi connectivity index (χ4v) is 1.81. The Bertz CT molecular complexity index is 219. The van der Waals surface area contributed by atoms with Crippen molar-refractivity contribution in [3.05, 3.63) is 0 Å². The number of hydrogen-bond donors (Lipinski definition) is 1. The Labute approximate surface area is 100 Å². The molecule has 1 saturated carbocycles. The Hall–Kier alpha value is -0.0900. The van der Waals surface area contributed by atoms with Crippen LogP contribution in [0.15, 0.2) is 0 Å². The third-order valence-electron chi connectivity index (χ3n) is 2.82. The maximum atomic E-state index is 11.6. The molecule has 15 heavy (non-hydrogen) atoms. The lowest BCUT2D eigenvalue weighted by Gasteiger charge is -2.06. The van der Waals surface area contributed by atoms with Gasteiger partial charge in [-0.05, 0) is 18.3 Å². The van der Waals surface area contributed by atoms with Crippen molar-refractivity contribution < 1.29 is 9.53 Å². The second-order valence-corrected chi connectivity index (χ2v) is 5.48. The summed E-state index contributed by atoms with van der Waals surface area (Å²) in [4.78, 5) is 11.6. The lowest BCUT2D eigenvalue weighted by Crippen LogP contribution is -2.28. The molecule has 1 atom stereocenters. The molecular weight excluding hydrogens is 258 g/mol. The van der Waals surface area contributed by atoms with Gasteiger partial charge in [0.1, 0.15) is 0 Å². The number of nitrogens with one attached hydrogen (secondary N) is 1. The van der Waals surface area contributed by atoms with Crippen LogP contribution in [0.2, 0.25) is 0 Å². The van der Waals surface area contributed by atoms with Gasteiger partial charge in [0.05, 0.1) is 6.61 Å². The van der Waals surface area contributed by atoms with Gasteiger partial charge in [-0.1, -0.05) is 29.8 Å². The first-order valence-corrected chi connectivity index (χ1v) is 6.61. The van der Waals surface area contributed by atoms with E-state index in [0.717, 1.165) is 37.9 Å². The first-order valence-electron chi connectivity index (χ1n) is 5.49. The number of hydrogen-bond acceptors (Lipinski definition) is 2. The summed E-state index contributed by atoms with van der Waals surface area (Å²) in [6.45, 7) is 6.46. The van der Waals surface area contributed by atoms with Crippen LogP contribution in [0.4, 0.5) is 0 Å². The number of ether oxygens (including phenoxy) is 1. The minimum Gasteiger partial charge on any atom is -0.381 e. The minimum absolute atomic E-state index is 0.209. The van der Waals surface area contributed by atoms with Crippen molar-refractivity contribution in [2.24, 2.45) is 11.3 Å². The van der Waals surface area contributed by atoms with Crippen LogP contribution < -0.4 is 5.32 Å². The predicted molar refractivity (Wildman–Crippen MR) is 64.1 cm³/mol. The number of carbonyl (C=O) groups is 1. The molecule has 1 amide bonds. The normalized spacial score (nSPS) is 22.5. The van der Waals surface area contributed by atoms with Gasteiger partial charge in [-0.25, -0.2) is 0 Å². The summed E-state index contributed by atoms with van der Waals surface area (Å²) in [5, 5.41) is 3.82. The van der Waals surface area contributed by atoms with Gasteiger partial charge >= 0.3 is 0 Å². The Morgan fingerprint density at radius 1 is 1.53 bits per heavy atom. The van der Waals surface area contributed by atoms with Crippen molar-refractivity contribution in [3.8, 4) is 0 Å². The van der Waals surface area contributed by atoms with Crippen LogP contribution in [-0.4, -0.2) is 31.0 Å². The number of alkyl halides is 1. The highest BCUT2D eigenvalue weighted by Crippen LogP contribution is 2.51. The van der Waals surface area contributed by atoms with Crippen LogP contribution >= 0.6 is 15.9 Å². The van der Waals surface area contributed by atoms with E-state index >= 15 is 0 Å². The van der Waals surface area contributed by atoms with Gasteiger partial charge in [0.25, 0.3) is 0 Å². The third kappa shape index (κ3) is 4.51. The van der Waals surface area contributed by atoms with Crippen LogP contribution in [0, 0.1) is 11.3 Å². The Balaban J connectivity index is 1.94. The van der Waals surface area contributed by atoms with E-state index < -0.39 is 0 Å². The molecule has 88 valence electrons. The number of rotatable bonds is 7. The summed E-state index contributed by atoms with van der Waals surface area (Å²) >= 11 is 3.29. The SMILES string of the molecule is CC1(C)CC1C(=O)NCCCOCCBr. The van der Waals surface area contributed by atoms with E-state index in [2.05, 4.69) is 35.1 Å². The second kappa shape index (κ2) is 5.85. The molecular formula is C11H20BrNO2. The molecule has 1 aliphatic rings. The molecule has 3 nitrogen and oxygen atoms in total. The van der Waals surface area contributed by atoms with Gasteiger partial charge in [0, 0.05) is 24.4 Å². The van der Waals surface area contributed by atoms with Gasteiger partial charge in [-0.2, -0.15) is 0 Å². The molecule has 0 spiro atoms. The Morgan fingerprint density at radius 3 is 2.73 bits per heavy atom. The van der Waals surface area contributed by atoms with Crippen LogP contribution in [0.3, 0.4) is 0 Å². The Kier molecular flexibility index (Phi) is 5.06. The molecule has 1 fully saturated rings. The van der Waals surface area contributed by atoms with E-state index in [9.17, 15) is 4.79 Å². The predicted octanol–water partition coefficient (Wildman–Crippen LogP) is 1.95. The molecule has 0 aromatic carbocycles. The zero-order chi connectivity index (χ0) is 11.3. The average molecular weight is 278 g/mol. The van der Waals surface area contributed by atoms with Gasteiger partial charge in [0.2, 0.25) is 5.91 Å². The maximum Gasteiger partial charge on any atom is 0.223 e. The molecule has 1 N–H and O–H groups in total. The monoisotopic (exact) mass is 277 g/mol. The zero-order valence-electron chi connectivity index (χ0n) is 9.51. The van der Waals surface area contributed by atoms with Crippen molar-refractivity contribution >= 4 is 21.8 Å². The smallest absolute Gasteiger partial charge is 0.223 e. The third-order valence-corrected chi connectivity index (χ3v) is 3.14. The summed E-state index contributed by atoms with van der Waals surface area (Å²) < 4.78 is 5.28. The summed E-state index contributed by atoms with van der Waals surface area (Å²) in [6.07, 6.45) is 1.92. The fourth-order valence-electron chi connectivity index (χ4n) is 1.58. The van der Waals surface area contributed by atoms with Gasteiger partial charge in [-0.3, -0.25) is 4.79 Å². The van der Waals surface area contributed by atoms with Crippen molar-refractivity contribution in [1.82, 2.24) is 5.32 Å². The number of halogens is 1. The van der Waals surface area contributed by atoms with E-state index in [1.807, 2.05) is 0 Å². The van der Waals surface area contributed by atoms with Crippen LogP contribution in [0.25, 0.3) is 0 Å². The summed E-state index contributed by atoms with van der Waals surface area (Å²) in [5.74, 6) is 0.446. The number of carbonyl (C=O) groups excluding carboxylic acids is 1. The lowest BCUT2D eigenvalue weighted by atomic mass is 10.1. The highest BCUT2D eigenvalue weighted by molar-refractivity contribution is 9.09. The highest BCUT2D eigenvalue weighted by Gasteiger charge is 2.50. The topological polar surface area (TPSA) is 38.3 Å². The zero-order valence-corrected chi connectivity index (χ0v) is 11.1. The summed E-state index contributed by atoms with van der Waals surface area (Å²) in [7, 11) is 0. The summed E-state index contributed by atoms with van der Waals surface area (Å²) in [6, 6.07) is 0. The van der Waals surface area contributed by atoms with E-state index in [1.54, 1.807) is 0 Å². The Morgan fingerprint density at radius 2 is 2.20 bits per heavy atom. The molecule has 1 rings (SSSR count). The quantitative estimate of drug-likeness (QED) is 0.571. The second-order valence-electron chi connectivity index (χ2n) is 4.69. The first-order chi connectivity index (χ1) is 7.08. The molecule has 0 aromatic heterocycles. The van der Waals surface area contributed by atoms with Crippen molar-refractivity contribution in [2.45, 2.75) is 26.7 Å². The van der Waals surface area contributed by atoms with Crippen molar-refractivity contribution in [1.29, 1.82) is 0 Å². The van der Waals surface area contributed by atoms with E-state index in [-0.39, 0.29) is 17.2 Å². The molecule has 0 bridgehead atoms. The van der Waals surface area contributed by atoms with Crippen LogP contribution in [0.5, 0.6) is 0 Å². The van der Waals surface area contributed by atoms with Crippen LogP contribution in [-0.2, 0) is 9.53 Å². The first kappa shape index (κ1) is 13.0. The average Bonchev–Trinajstić information content (AvgIpc) is 2.81. The summed E-state index contributed by atoms with van der Waals surface area (Å²) in [5.41, 5.74) is 0.233. The largest absolute Gasteiger partial charge is 0.381 e. The lowest BCUT2D eigenvalue weighted by molar-refractivity contribution is -0.123. The molecule has 0 radical (unpaired) electrons. The maximum absolute atomic E-state index is 11.6. The number of amides is 1. The standard InChI is InChI=1S/C11H20BrNO2/c1-11(2)8-9(11)10(14)13-5-3-6-15-7-4-12/h9H,3-8H2,1-2H3,(H,13,14). The van der Waals surface area contributed by atoms with E-state index in [0.29, 0.717) is 0 Å². The van der Waals surface area contributed by atoms with E-state index in [1.165, 1.54) is 0 Å². The van der Waals surface area contributed by atoms with Gasteiger partial charge < -0.3 is 10.1 Å². The van der Waals surface area contributed by atoms with Crippen molar-refractivity contribution in [2.75, 3.05) is 25.1 Å². The fraction of sp³-hybridized carbons (Fsp3) is 0.909. The van der Waals surface area contributed by atoms with Gasteiger partial charge in [0.15, 0.2) is 0 Å². The molecule has 4 heteroatoms. The van der Waals surface area contributed by atoms with Gasteiger partial charge in [-0.15, -0.1) is 0 Å². The molecule has 0 saturated heterocycles. The molecule has 0 heterocycles. The van der Waals surface area contributed by atoms with Crippen molar-refractivity contribution in [3.63, 3.8) is 0 Å². The molecule has 1 unspecified atom stereocenters.